The van der Waals surface area contributed by atoms with Crippen molar-refractivity contribution in [3.05, 3.63) is 48.5 Å². The Labute approximate surface area is 101 Å². The summed E-state index contributed by atoms with van der Waals surface area (Å²) in [6, 6.07) is 16.2. The summed E-state index contributed by atoms with van der Waals surface area (Å²) in [4.78, 5) is 0. The van der Waals surface area contributed by atoms with E-state index in [1.807, 2.05) is 43.3 Å². The van der Waals surface area contributed by atoms with E-state index in [1.165, 1.54) is 0 Å². The molecule has 2 heteroatoms. The first-order chi connectivity index (χ1) is 8.34. The van der Waals surface area contributed by atoms with Gasteiger partial charge in [-0.15, -0.1) is 0 Å². The molecule has 0 amide bonds. The number of benzene rings is 2. The lowest BCUT2D eigenvalue weighted by molar-refractivity contribution is 0.141. The fourth-order valence-corrected chi connectivity index (χ4v) is 2.06. The SMILES string of the molecule is C[C@@H]1COc2ccccc2-c2ccccc2O1. The van der Waals surface area contributed by atoms with Crippen molar-refractivity contribution in [1.82, 2.24) is 0 Å². The zero-order valence-corrected chi connectivity index (χ0v) is 9.72. The summed E-state index contributed by atoms with van der Waals surface area (Å²) in [6.07, 6.45) is 0.0597. The quantitative estimate of drug-likeness (QED) is 0.684. The number of para-hydroxylation sites is 2. The summed E-state index contributed by atoms with van der Waals surface area (Å²) in [7, 11) is 0. The third kappa shape index (κ3) is 1.86. The minimum Gasteiger partial charge on any atom is -0.489 e. The fraction of sp³-hybridized carbons (Fsp3) is 0.200. The third-order valence-corrected chi connectivity index (χ3v) is 2.87. The van der Waals surface area contributed by atoms with Crippen LogP contribution in [0, 0.1) is 0 Å². The van der Waals surface area contributed by atoms with Gasteiger partial charge in [0.15, 0.2) is 0 Å². The van der Waals surface area contributed by atoms with E-state index >= 15 is 0 Å². The van der Waals surface area contributed by atoms with E-state index in [2.05, 4.69) is 12.1 Å². The van der Waals surface area contributed by atoms with E-state index in [9.17, 15) is 0 Å². The lowest BCUT2D eigenvalue weighted by Crippen LogP contribution is -2.22. The molecule has 86 valence electrons. The van der Waals surface area contributed by atoms with E-state index < -0.39 is 0 Å². The summed E-state index contributed by atoms with van der Waals surface area (Å²) in [5.74, 6) is 1.85. The van der Waals surface area contributed by atoms with Crippen LogP contribution in [0.2, 0.25) is 0 Å². The van der Waals surface area contributed by atoms with Crippen molar-refractivity contribution < 1.29 is 9.47 Å². The molecule has 0 radical (unpaired) electrons. The first-order valence-corrected chi connectivity index (χ1v) is 5.82. The maximum absolute atomic E-state index is 5.87. The standard InChI is InChI=1S/C15H14O2/c1-11-10-16-14-8-4-2-6-12(14)13-7-3-5-9-15(13)17-11/h2-9,11H,10H2,1H3/t11-/m1/s1. The van der Waals surface area contributed by atoms with Crippen LogP contribution < -0.4 is 9.47 Å². The number of rotatable bonds is 0. The molecule has 0 bridgehead atoms. The molecule has 0 unspecified atom stereocenters. The highest BCUT2D eigenvalue weighted by Gasteiger charge is 2.17. The molecule has 1 atom stereocenters. The Bertz CT molecular complexity index is 534. The number of ether oxygens (including phenoxy) is 2. The van der Waals surface area contributed by atoms with Crippen LogP contribution in [-0.4, -0.2) is 12.7 Å². The molecular formula is C15H14O2. The maximum Gasteiger partial charge on any atom is 0.130 e. The predicted octanol–water partition coefficient (Wildman–Crippen LogP) is 3.51. The van der Waals surface area contributed by atoms with E-state index in [0.717, 1.165) is 22.6 Å². The zero-order valence-electron chi connectivity index (χ0n) is 9.72. The van der Waals surface area contributed by atoms with Crippen LogP contribution in [0.25, 0.3) is 11.1 Å². The highest BCUT2D eigenvalue weighted by atomic mass is 16.5. The van der Waals surface area contributed by atoms with Crippen molar-refractivity contribution in [1.29, 1.82) is 0 Å². The van der Waals surface area contributed by atoms with Crippen LogP contribution in [0.15, 0.2) is 48.5 Å². The van der Waals surface area contributed by atoms with E-state index in [1.54, 1.807) is 0 Å². The molecule has 3 rings (SSSR count). The van der Waals surface area contributed by atoms with Crippen molar-refractivity contribution in [2.45, 2.75) is 13.0 Å². The Morgan fingerprint density at radius 3 is 2.24 bits per heavy atom. The van der Waals surface area contributed by atoms with Crippen LogP contribution in [0.5, 0.6) is 11.5 Å². The Hall–Kier alpha value is -1.96. The summed E-state index contributed by atoms with van der Waals surface area (Å²) >= 11 is 0. The summed E-state index contributed by atoms with van der Waals surface area (Å²) in [5, 5.41) is 0. The minimum atomic E-state index is 0.0597. The molecular weight excluding hydrogens is 212 g/mol. The summed E-state index contributed by atoms with van der Waals surface area (Å²) in [6.45, 7) is 2.59. The second kappa shape index (κ2) is 4.13. The van der Waals surface area contributed by atoms with E-state index in [-0.39, 0.29) is 6.10 Å². The van der Waals surface area contributed by atoms with Gasteiger partial charge in [0.25, 0.3) is 0 Å². The van der Waals surface area contributed by atoms with Gasteiger partial charge >= 0.3 is 0 Å². The van der Waals surface area contributed by atoms with Crippen molar-refractivity contribution in [3.63, 3.8) is 0 Å². The van der Waals surface area contributed by atoms with Gasteiger partial charge in [0.05, 0.1) is 0 Å². The summed E-state index contributed by atoms with van der Waals surface area (Å²) < 4.78 is 11.6. The average molecular weight is 226 g/mol. The van der Waals surface area contributed by atoms with E-state index in [4.69, 9.17) is 9.47 Å². The van der Waals surface area contributed by atoms with Crippen LogP contribution in [0.4, 0.5) is 0 Å². The highest BCUT2D eigenvalue weighted by Crippen LogP contribution is 2.37. The van der Waals surface area contributed by atoms with Crippen molar-refractivity contribution in [2.75, 3.05) is 6.61 Å². The zero-order chi connectivity index (χ0) is 11.7. The molecule has 1 heterocycles. The van der Waals surface area contributed by atoms with Gasteiger partial charge in [-0.1, -0.05) is 36.4 Å². The first-order valence-electron chi connectivity index (χ1n) is 5.82. The van der Waals surface area contributed by atoms with Gasteiger partial charge in [-0.2, -0.15) is 0 Å². The fourth-order valence-electron chi connectivity index (χ4n) is 2.06. The highest BCUT2D eigenvalue weighted by molar-refractivity contribution is 5.75. The molecule has 0 saturated carbocycles. The van der Waals surface area contributed by atoms with Gasteiger partial charge in [0.2, 0.25) is 0 Å². The molecule has 1 aliphatic heterocycles. The smallest absolute Gasteiger partial charge is 0.130 e. The predicted molar refractivity (Wildman–Crippen MR) is 67.5 cm³/mol. The Morgan fingerprint density at radius 1 is 0.882 bits per heavy atom. The first kappa shape index (κ1) is 10.2. The maximum atomic E-state index is 5.87. The minimum absolute atomic E-state index is 0.0597. The van der Waals surface area contributed by atoms with Crippen LogP contribution in [0.1, 0.15) is 6.92 Å². The van der Waals surface area contributed by atoms with Crippen LogP contribution in [-0.2, 0) is 0 Å². The Morgan fingerprint density at radius 2 is 1.47 bits per heavy atom. The Kier molecular flexibility index (Phi) is 2.48. The van der Waals surface area contributed by atoms with Crippen molar-refractivity contribution in [3.8, 4) is 22.6 Å². The molecule has 0 aliphatic carbocycles. The normalized spacial score (nSPS) is 17.8. The average Bonchev–Trinajstić information content (AvgIpc) is 2.36. The molecule has 0 saturated heterocycles. The lowest BCUT2D eigenvalue weighted by Gasteiger charge is -2.23. The molecule has 2 aromatic carbocycles. The van der Waals surface area contributed by atoms with Gasteiger partial charge in [-0.3, -0.25) is 0 Å². The van der Waals surface area contributed by atoms with Crippen molar-refractivity contribution in [2.24, 2.45) is 0 Å². The van der Waals surface area contributed by atoms with Crippen molar-refractivity contribution >= 4 is 0 Å². The monoisotopic (exact) mass is 226 g/mol. The third-order valence-electron chi connectivity index (χ3n) is 2.87. The van der Waals surface area contributed by atoms with Gasteiger partial charge < -0.3 is 9.47 Å². The van der Waals surface area contributed by atoms with Gasteiger partial charge in [-0.05, 0) is 19.1 Å². The summed E-state index contributed by atoms with van der Waals surface area (Å²) in [5.41, 5.74) is 2.18. The molecule has 17 heavy (non-hydrogen) atoms. The lowest BCUT2D eigenvalue weighted by atomic mass is 10.0. The van der Waals surface area contributed by atoms with Gasteiger partial charge in [-0.25, -0.2) is 0 Å². The molecule has 1 aliphatic rings. The van der Waals surface area contributed by atoms with E-state index in [0.29, 0.717) is 6.61 Å². The number of hydrogen-bond donors (Lipinski definition) is 0. The van der Waals surface area contributed by atoms with Crippen LogP contribution in [0.3, 0.4) is 0 Å². The van der Waals surface area contributed by atoms with Gasteiger partial charge in [0.1, 0.15) is 24.2 Å². The topological polar surface area (TPSA) is 18.5 Å². The molecule has 2 aromatic rings. The molecule has 0 aromatic heterocycles. The number of hydrogen-bond acceptors (Lipinski definition) is 2. The Balaban J connectivity index is 2.20. The van der Waals surface area contributed by atoms with Gasteiger partial charge in [0, 0.05) is 11.1 Å². The largest absolute Gasteiger partial charge is 0.489 e. The molecule has 0 N–H and O–H groups in total. The number of fused-ring (bicyclic) bond motifs is 3. The molecule has 0 spiro atoms. The van der Waals surface area contributed by atoms with Crippen LogP contribution >= 0.6 is 0 Å². The second-order valence-electron chi connectivity index (χ2n) is 4.23. The molecule has 2 nitrogen and oxygen atoms in total. The second-order valence-corrected chi connectivity index (χ2v) is 4.23. The molecule has 0 fully saturated rings.